The molecule has 0 unspecified atom stereocenters. The summed E-state index contributed by atoms with van der Waals surface area (Å²) < 4.78 is 295. The van der Waals surface area contributed by atoms with Crippen LogP contribution in [0.15, 0.2) is 87.7 Å². The zero-order valence-corrected chi connectivity index (χ0v) is 40.2. The second-order valence-corrected chi connectivity index (χ2v) is 25.5. The van der Waals surface area contributed by atoms with Crippen LogP contribution in [-0.2, 0) is 80.9 Å². The van der Waals surface area contributed by atoms with Crippen molar-refractivity contribution in [1.82, 2.24) is 39.9 Å². The third kappa shape index (κ3) is 8.06. The summed E-state index contributed by atoms with van der Waals surface area (Å²) in [6.45, 7) is 0. The SMILES string of the molecule is O=S(=O)(O)c1c2c(c(S(=O)(=O)O)c(S(=O)(=O)O)c1S(=O)(=O)O)-c1nc-2nc2[nH]c(nc3nc(nc4[nH]c(n1)c1c(S(=O)(=O)O)c(S(=O)(=O)O)c(S(=O)(=O)O)c(S(=O)(=O)O)c41)-c1ccccc1-3)c1ccccc21. The third-order valence-corrected chi connectivity index (χ3v) is 18.4. The van der Waals surface area contributed by atoms with Crippen LogP contribution in [0.5, 0.6) is 0 Å². The van der Waals surface area contributed by atoms with Gasteiger partial charge < -0.3 is 9.97 Å². The Morgan fingerprint density at radius 2 is 0.542 bits per heavy atom. The van der Waals surface area contributed by atoms with E-state index in [1.165, 1.54) is 48.5 Å². The van der Waals surface area contributed by atoms with Crippen LogP contribution in [0.4, 0.5) is 0 Å². The van der Waals surface area contributed by atoms with Gasteiger partial charge in [-0.3, -0.25) is 36.4 Å². The molecule has 72 heavy (non-hydrogen) atoms. The maximum atomic E-state index is 13.4. The second-order valence-electron chi connectivity index (χ2n) is 14.6. The molecule has 0 saturated heterocycles. The maximum Gasteiger partial charge on any atom is 0.297 e. The highest BCUT2D eigenvalue weighted by Gasteiger charge is 2.48. The molecule has 40 heteroatoms. The molecular weight excluding hydrogens is 1140 g/mol. The Balaban J connectivity index is 1.76. The molecule has 9 rings (SSSR count). The molecular formula is C32H18N8O24S8. The van der Waals surface area contributed by atoms with Gasteiger partial charge in [-0.2, -0.15) is 67.3 Å². The van der Waals surface area contributed by atoms with E-state index in [2.05, 4.69) is 34.9 Å². The van der Waals surface area contributed by atoms with Crippen molar-refractivity contribution in [2.24, 2.45) is 0 Å². The zero-order valence-electron chi connectivity index (χ0n) is 33.7. The molecule has 7 aromatic rings. The van der Waals surface area contributed by atoms with Crippen molar-refractivity contribution in [3.05, 3.63) is 48.5 Å². The summed E-state index contributed by atoms with van der Waals surface area (Å²) in [4.78, 5) is 8.49. The third-order valence-electron chi connectivity index (χ3n) is 10.2. The van der Waals surface area contributed by atoms with Crippen molar-refractivity contribution < 1.29 is 104 Å². The molecule has 3 aromatic heterocycles. The molecule has 0 amide bonds. The van der Waals surface area contributed by atoms with Gasteiger partial charge in [0.1, 0.15) is 61.8 Å². The molecule has 8 bridgehead atoms. The number of fused-ring (bicyclic) bond motifs is 20. The summed E-state index contributed by atoms with van der Waals surface area (Å²) in [7, 11) is -53.0. The number of aromatic amines is 2. The van der Waals surface area contributed by atoms with Gasteiger partial charge in [0.25, 0.3) is 80.9 Å². The van der Waals surface area contributed by atoms with Crippen molar-refractivity contribution in [2.75, 3.05) is 0 Å². The molecule has 0 saturated carbocycles. The quantitative estimate of drug-likeness (QED) is 0.0942. The minimum absolute atomic E-state index is 0.0496. The van der Waals surface area contributed by atoms with Gasteiger partial charge in [-0.25, -0.2) is 29.9 Å². The van der Waals surface area contributed by atoms with Gasteiger partial charge in [-0.1, -0.05) is 48.5 Å². The maximum absolute atomic E-state index is 13.4. The van der Waals surface area contributed by atoms with E-state index in [0.717, 1.165) is 0 Å². The van der Waals surface area contributed by atoms with Crippen LogP contribution in [0.2, 0.25) is 0 Å². The van der Waals surface area contributed by atoms with Gasteiger partial charge in [0.15, 0.2) is 23.3 Å². The van der Waals surface area contributed by atoms with Crippen LogP contribution in [0.1, 0.15) is 0 Å². The van der Waals surface area contributed by atoms with E-state index >= 15 is 0 Å². The second kappa shape index (κ2) is 15.5. The lowest BCUT2D eigenvalue weighted by molar-refractivity contribution is 0.448. The number of benzene rings is 4. The van der Waals surface area contributed by atoms with Gasteiger partial charge in [0, 0.05) is 21.9 Å². The van der Waals surface area contributed by atoms with Crippen molar-refractivity contribution in [3.8, 4) is 45.6 Å². The summed E-state index contributed by atoms with van der Waals surface area (Å²) in [5, 5.41) is -3.63. The first-order valence-electron chi connectivity index (χ1n) is 18.1. The number of H-pyrrole nitrogens is 2. The Morgan fingerprint density at radius 3 is 0.875 bits per heavy atom. The monoisotopic (exact) mass is 1150 g/mol. The van der Waals surface area contributed by atoms with Gasteiger partial charge in [-0.05, 0) is 0 Å². The highest BCUT2D eigenvalue weighted by atomic mass is 32.3. The Morgan fingerprint density at radius 1 is 0.292 bits per heavy atom. The fourth-order valence-corrected chi connectivity index (χ4v) is 17.8. The van der Waals surface area contributed by atoms with Crippen LogP contribution in [0.25, 0.3) is 89.7 Å². The first-order chi connectivity index (χ1) is 32.8. The minimum Gasteiger partial charge on any atom is -0.324 e. The molecule has 0 radical (unpaired) electrons. The summed E-state index contributed by atoms with van der Waals surface area (Å²) in [6, 6.07) is 10.9. The summed E-state index contributed by atoms with van der Waals surface area (Å²) in [5.41, 5.74) is -7.62. The fourth-order valence-electron chi connectivity index (χ4n) is 7.91. The molecule has 0 atom stereocenters. The van der Waals surface area contributed by atoms with Crippen LogP contribution >= 0.6 is 0 Å². The number of nitrogens with one attached hydrogen (secondary N) is 2. The summed E-state index contributed by atoms with van der Waals surface area (Å²) >= 11 is 0. The standard InChI is InChI=1S/C32H18N8O24S8/c41-65(42,43)17-13-15(19(67(47,48)49)23(71(59,60)61)21(17)69(53,54)55)31-38-29(13)36-27-11-7-3-1-5-9(11)25(34-27)33-26-10-6-2-4-8-12(10)28(35-26)37-30-14-16(32(39-30)40-31)20(68(50,51)52)24(72(62,63)64)22(70(56,57)58)18(14)66(44,45)46/h1-8H,(H,41,42,43)(H,44,45,46)(H,47,48,49)(H,50,51,52)(H,53,54,55)(H,56,57,58)(H,59,60,61)(H,62,63,64)(H2,33,34,35,36,37,38,39,40). The van der Waals surface area contributed by atoms with E-state index < -0.39 is 176 Å². The first-order valence-corrected chi connectivity index (χ1v) is 29.6. The van der Waals surface area contributed by atoms with Crippen LogP contribution < -0.4 is 0 Å². The molecule has 5 heterocycles. The summed E-state index contributed by atoms with van der Waals surface area (Å²) in [6.07, 6.45) is 0. The smallest absolute Gasteiger partial charge is 0.297 e. The Bertz CT molecular complexity index is 4910. The number of nitrogens with zero attached hydrogens (tertiary/aromatic N) is 6. The highest BCUT2D eigenvalue weighted by Crippen LogP contribution is 2.51. The van der Waals surface area contributed by atoms with Crippen molar-refractivity contribution in [2.45, 2.75) is 39.2 Å². The first kappa shape index (κ1) is 50.5. The van der Waals surface area contributed by atoms with Crippen molar-refractivity contribution in [1.29, 1.82) is 0 Å². The Hall–Kier alpha value is -6.48. The Labute approximate surface area is 399 Å². The number of aromatic nitrogens is 8. The molecule has 32 nitrogen and oxygen atoms in total. The molecule has 378 valence electrons. The van der Waals surface area contributed by atoms with E-state index in [4.69, 9.17) is 0 Å². The molecule has 2 aliphatic heterocycles. The average molecular weight is 1160 g/mol. The van der Waals surface area contributed by atoms with Crippen LogP contribution in [-0.4, -0.2) is 144 Å². The van der Waals surface area contributed by atoms with Crippen LogP contribution in [0, 0.1) is 0 Å². The van der Waals surface area contributed by atoms with E-state index in [-0.39, 0.29) is 33.4 Å². The zero-order chi connectivity index (χ0) is 53.2. The van der Waals surface area contributed by atoms with Gasteiger partial charge >= 0.3 is 0 Å². The van der Waals surface area contributed by atoms with Gasteiger partial charge in [-0.15, -0.1) is 0 Å². The minimum atomic E-state index is -6.71. The predicted molar refractivity (Wildman–Crippen MR) is 235 cm³/mol. The number of hydrogen-bond donors (Lipinski definition) is 10. The lowest BCUT2D eigenvalue weighted by Crippen LogP contribution is -2.20. The average Bonchev–Trinajstić information content (AvgIpc) is 3.95. The van der Waals surface area contributed by atoms with Gasteiger partial charge in [0.05, 0.1) is 21.9 Å². The lowest BCUT2D eigenvalue weighted by atomic mass is 10.1. The molecule has 4 aromatic carbocycles. The topological polar surface area (TPSA) is 544 Å². The molecule has 0 spiro atoms. The van der Waals surface area contributed by atoms with E-state index in [9.17, 15) is 104 Å². The van der Waals surface area contributed by atoms with Gasteiger partial charge in [0.2, 0.25) is 0 Å². The van der Waals surface area contributed by atoms with Crippen molar-refractivity contribution in [3.63, 3.8) is 0 Å². The molecule has 2 aliphatic rings. The number of hydrogen-bond acceptors (Lipinski definition) is 22. The fraction of sp³-hybridized carbons (Fsp3) is 0. The van der Waals surface area contributed by atoms with E-state index in [0.29, 0.717) is 0 Å². The molecule has 0 fully saturated rings. The molecule has 10 N–H and O–H groups in total. The van der Waals surface area contributed by atoms with Crippen LogP contribution in [0.3, 0.4) is 0 Å². The largest absolute Gasteiger partial charge is 0.324 e. The van der Waals surface area contributed by atoms with E-state index in [1.54, 1.807) is 0 Å². The molecule has 0 aliphatic carbocycles. The number of rotatable bonds is 8. The van der Waals surface area contributed by atoms with E-state index in [1.807, 2.05) is 4.98 Å². The Kier molecular flexibility index (Phi) is 10.9. The van der Waals surface area contributed by atoms with Crippen molar-refractivity contribution >= 4 is 125 Å². The predicted octanol–water partition coefficient (Wildman–Crippen LogP) is 0.843. The normalized spacial score (nSPS) is 13.9. The summed E-state index contributed by atoms with van der Waals surface area (Å²) in [5.74, 6) is -4.23. The highest BCUT2D eigenvalue weighted by molar-refractivity contribution is 7.92. The lowest BCUT2D eigenvalue weighted by Gasteiger charge is -2.17.